The minimum absolute atomic E-state index is 1.01. The molecule has 0 radical (unpaired) electrons. The smallest absolute Gasteiger partial charge is 0.0567 e. The molecule has 1 aliphatic heterocycles. The summed E-state index contributed by atoms with van der Waals surface area (Å²) in [5.74, 6) is 0. The molecular formula is C15H20N4. The summed E-state index contributed by atoms with van der Waals surface area (Å²) < 4.78 is 0. The number of hydrogen-bond acceptors (Lipinski definition) is 3. The van der Waals surface area contributed by atoms with Gasteiger partial charge in [-0.3, -0.25) is 5.01 Å². The van der Waals surface area contributed by atoms with Gasteiger partial charge in [-0.25, -0.2) is 0 Å². The second kappa shape index (κ2) is 5.05. The van der Waals surface area contributed by atoms with Crippen LogP contribution in [-0.2, 0) is 0 Å². The van der Waals surface area contributed by atoms with Crippen LogP contribution in [0.1, 0.15) is 11.3 Å². The quantitative estimate of drug-likeness (QED) is 0.835. The van der Waals surface area contributed by atoms with Gasteiger partial charge < -0.3 is 9.88 Å². The molecule has 0 spiro atoms. The highest BCUT2D eigenvalue weighted by Crippen LogP contribution is 2.20. The van der Waals surface area contributed by atoms with Crippen LogP contribution in [0.25, 0.3) is 10.9 Å². The van der Waals surface area contributed by atoms with E-state index in [0.717, 1.165) is 26.2 Å². The molecule has 1 fully saturated rings. The van der Waals surface area contributed by atoms with Gasteiger partial charge in [0.1, 0.15) is 0 Å². The zero-order valence-corrected chi connectivity index (χ0v) is 11.6. The summed E-state index contributed by atoms with van der Waals surface area (Å²) >= 11 is 0. The highest BCUT2D eigenvalue weighted by atomic mass is 15.5. The molecule has 0 atom stereocenters. The minimum atomic E-state index is 1.01. The van der Waals surface area contributed by atoms with Gasteiger partial charge in [-0.1, -0.05) is 18.2 Å². The van der Waals surface area contributed by atoms with Gasteiger partial charge in [0.15, 0.2) is 0 Å². The van der Waals surface area contributed by atoms with Crippen molar-refractivity contribution >= 4 is 17.1 Å². The van der Waals surface area contributed by atoms with Crippen LogP contribution in [-0.4, -0.2) is 54.3 Å². The first-order chi connectivity index (χ1) is 9.24. The first kappa shape index (κ1) is 12.2. The number of aryl methyl sites for hydroxylation is 1. The van der Waals surface area contributed by atoms with Gasteiger partial charge >= 0.3 is 0 Å². The Hall–Kier alpha value is -1.81. The lowest BCUT2D eigenvalue weighted by Gasteiger charge is -2.30. The molecule has 19 heavy (non-hydrogen) atoms. The minimum Gasteiger partial charge on any atom is -0.358 e. The maximum atomic E-state index is 4.63. The fourth-order valence-corrected chi connectivity index (χ4v) is 2.52. The molecule has 0 saturated carbocycles. The molecule has 0 aliphatic carbocycles. The second-order valence-corrected chi connectivity index (χ2v) is 5.21. The molecule has 3 rings (SSSR count). The van der Waals surface area contributed by atoms with Crippen LogP contribution in [0.5, 0.6) is 0 Å². The fraction of sp³-hybridized carbons (Fsp3) is 0.400. The van der Waals surface area contributed by atoms with Crippen LogP contribution in [0.4, 0.5) is 0 Å². The van der Waals surface area contributed by atoms with Gasteiger partial charge in [-0.2, -0.15) is 5.10 Å². The van der Waals surface area contributed by atoms with Crippen molar-refractivity contribution in [3.05, 3.63) is 35.5 Å². The SMILES string of the molecule is Cc1[nH]c2ccccc2c1/C=N/N1CCN(C)CC1. The van der Waals surface area contributed by atoms with Gasteiger partial charge in [0, 0.05) is 48.3 Å². The summed E-state index contributed by atoms with van der Waals surface area (Å²) in [7, 11) is 2.16. The average molecular weight is 256 g/mol. The van der Waals surface area contributed by atoms with Crippen molar-refractivity contribution in [1.82, 2.24) is 14.9 Å². The number of hydrogen-bond donors (Lipinski definition) is 1. The van der Waals surface area contributed by atoms with E-state index in [1.807, 2.05) is 6.21 Å². The molecule has 2 heterocycles. The third kappa shape index (κ3) is 2.49. The first-order valence-electron chi connectivity index (χ1n) is 6.79. The Morgan fingerprint density at radius 1 is 1.16 bits per heavy atom. The number of para-hydroxylation sites is 1. The van der Waals surface area contributed by atoms with Gasteiger partial charge in [0.25, 0.3) is 0 Å². The zero-order valence-electron chi connectivity index (χ0n) is 11.6. The van der Waals surface area contributed by atoms with Gasteiger partial charge in [-0.15, -0.1) is 0 Å². The summed E-state index contributed by atoms with van der Waals surface area (Å²) in [6.07, 6.45) is 2.00. The molecule has 0 amide bonds. The number of aromatic amines is 1. The Bertz CT molecular complexity index is 591. The molecule has 1 aromatic heterocycles. The number of benzene rings is 1. The van der Waals surface area contributed by atoms with Crippen LogP contribution >= 0.6 is 0 Å². The van der Waals surface area contributed by atoms with Crippen LogP contribution in [0.2, 0.25) is 0 Å². The van der Waals surface area contributed by atoms with Crippen molar-refractivity contribution in [3.8, 4) is 0 Å². The predicted molar refractivity (Wildman–Crippen MR) is 79.7 cm³/mol. The molecule has 1 aliphatic rings. The number of nitrogens with zero attached hydrogens (tertiary/aromatic N) is 3. The maximum absolute atomic E-state index is 4.63. The highest BCUT2D eigenvalue weighted by Gasteiger charge is 2.11. The van der Waals surface area contributed by atoms with E-state index in [4.69, 9.17) is 0 Å². The molecule has 4 nitrogen and oxygen atoms in total. The number of piperazine rings is 1. The second-order valence-electron chi connectivity index (χ2n) is 5.21. The predicted octanol–water partition coefficient (Wildman–Crippen LogP) is 2.06. The Morgan fingerprint density at radius 2 is 1.89 bits per heavy atom. The average Bonchev–Trinajstić information content (AvgIpc) is 2.74. The van der Waals surface area contributed by atoms with E-state index < -0.39 is 0 Å². The molecular weight excluding hydrogens is 236 g/mol. The van der Waals surface area contributed by atoms with E-state index in [0.29, 0.717) is 0 Å². The van der Waals surface area contributed by atoms with Crippen molar-refractivity contribution in [1.29, 1.82) is 0 Å². The molecule has 1 aromatic carbocycles. The molecule has 0 bridgehead atoms. The number of H-pyrrole nitrogens is 1. The van der Waals surface area contributed by atoms with Crippen LogP contribution in [0.15, 0.2) is 29.4 Å². The van der Waals surface area contributed by atoms with E-state index in [9.17, 15) is 0 Å². The summed E-state index contributed by atoms with van der Waals surface area (Å²) in [6.45, 7) is 6.29. The van der Waals surface area contributed by atoms with Gasteiger partial charge in [0.2, 0.25) is 0 Å². The van der Waals surface area contributed by atoms with E-state index in [1.54, 1.807) is 0 Å². The van der Waals surface area contributed by atoms with Crippen LogP contribution in [0.3, 0.4) is 0 Å². The lowest BCUT2D eigenvalue weighted by Crippen LogP contribution is -2.41. The van der Waals surface area contributed by atoms with Crippen LogP contribution < -0.4 is 0 Å². The standard InChI is InChI=1S/C15H20N4/c1-12-14(13-5-3-4-6-15(13)17-12)11-16-19-9-7-18(2)8-10-19/h3-6,11,17H,7-10H2,1-2H3/b16-11+. The lowest BCUT2D eigenvalue weighted by molar-refractivity contribution is 0.159. The molecule has 0 unspecified atom stereocenters. The Kier molecular flexibility index (Phi) is 3.25. The largest absolute Gasteiger partial charge is 0.358 e. The van der Waals surface area contributed by atoms with Crippen molar-refractivity contribution in [2.75, 3.05) is 33.2 Å². The highest BCUT2D eigenvalue weighted by molar-refractivity contribution is 6.00. The molecule has 4 heteroatoms. The molecule has 1 saturated heterocycles. The number of hydrazone groups is 1. The maximum Gasteiger partial charge on any atom is 0.0567 e. The number of likely N-dealkylation sites (N-methyl/N-ethyl adjacent to an activating group) is 1. The van der Waals surface area contributed by atoms with Crippen molar-refractivity contribution in [2.45, 2.75) is 6.92 Å². The topological polar surface area (TPSA) is 34.6 Å². The van der Waals surface area contributed by atoms with E-state index in [2.05, 4.69) is 58.2 Å². The zero-order chi connectivity index (χ0) is 13.2. The molecule has 100 valence electrons. The number of fused-ring (bicyclic) bond motifs is 1. The van der Waals surface area contributed by atoms with Crippen molar-refractivity contribution in [2.24, 2.45) is 5.10 Å². The summed E-state index contributed by atoms with van der Waals surface area (Å²) in [6, 6.07) is 8.38. The Balaban J connectivity index is 1.83. The number of rotatable bonds is 2. The monoisotopic (exact) mass is 256 g/mol. The summed E-state index contributed by atoms with van der Waals surface area (Å²) in [4.78, 5) is 5.74. The first-order valence-corrected chi connectivity index (χ1v) is 6.79. The van der Waals surface area contributed by atoms with Crippen molar-refractivity contribution < 1.29 is 0 Å². The third-order valence-electron chi connectivity index (χ3n) is 3.77. The third-order valence-corrected chi connectivity index (χ3v) is 3.77. The number of nitrogens with one attached hydrogen (secondary N) is 1. The van der Waals surface area contributed by atoms with Crippen molar-refractivity contribution in [3.63, 3.8) is 0 Å². The summed E-state index contributed by atoms with van der Waals surface area (Å²) in [5.41, 5.74) is 3.56. The van der Waals surface area contributed by atoms with E-state index in [1.165, 1.54) is 22.2 Å². The summed E-state index contributed by atoms with van der Waals surface area (Å²) in [5, 5.41) is 8.03. The Morgan fingerprint density at radius 3 is 2.68 bits per heavy atom. The number of aromatic nitrogens is 1. The van der Waals surface area contributed by atoms with Gasteiger partial charge in [-0.05, 0) is 20.0 Å². The fourth-order valence-electron chi connectivity index (χ4n) is 2.52. The van der Waals surface area contributed by atoms with Gasteiger partial charge in [0.05, 0.1) is 6.21 Å². The van der Waals surface area contributed by atoms with Crippen LogP contribution in [0, 0.1) is 6.92 Å². The molecule has 1 N–H and O–H groups in total. The lowest BCUT2D eigenvalue weighted by atomic mass is 10.1. The van der Waals surface area contributed by atoms with E-state index >= 15 is 0 Å². The molecule has 2 aromatic rings. The Labute approximate surface area is 113 Å². The van der Waals surface area contributed by atoms with E-state index in [-0.39, 0.29) is 0 Å². The normalized spacial score (nSPS) is 17.7.